The summed E-state index contributed by atoms with van der Waals surface area (Å²) in [7, 11) is 0. The van der Waals surface area contributed by atoms with Gasteiger partial charge in [-0.25, -0.2) is 9.37 Å². The smallest absolute Gasteiger partial charge is 0.251 e. The second kappa shape index (κ2) is 5.05. The number of halogens is 1. The fourth-order valence-corrected chi connectivity index (χ4v) is 1.87. The highest BCUT2D eigenvalue weighted by molar-refractivity contribution is 7.09. The van der Waals surface area contributed by atoms with Crippen LogP contribution < -0.4 is 10.5 Å². The SMILES string of the molecule is NCc1ccnc(OCc2cccs2)c1F. The van der Waals surface area contributed by atoms with Crippen molar-refractivity contribution in [2.45, 2.75) is 13.2 Å². The Kier molecular flexibility index (Phi) is 3.48. The Hall–Kier alpha value is -1.46. The number of rotatable bonds is 4. The van der Waals surface area contributed by atoms with Crippen LogP contribution in [0, 0.1) is 5.82 Å². The summed E-state index contributed by atoms with van der Waals surface area (Å²) in [5.41, 5.74) is 5.80. The van der Waals surface area contributed by atoms with E-state index >= 15 is 0 Å². The van der Waals surface area contributed by atoms with Gasteiger partial charge in [0, 0.05) is 23.2 Å². The summed E-state index contributed by atoms with van der Waals surface area (Å²) in [6, 6.07) is 5.39. The molecule has 0 saturated heterocycles. The summed E-state index contributed by atoms with van der Waals surface area (Å²) >= 11 is 1.56. The Morgan fingerprint density at radius 1 is 1.44 bits per heavy atom. The summed E-state index contributed by atoms with van der Waals surface area (Å²) in [5.74, 6) is -0.460. The summed E-state index contributed by atoms with van der Waals surface area (Å²) in [6.45, 7) is 0.472. The van der Waals surface area contributed by atoms with Crippen molar-refractivity contribution in [2.24, 2.45) is 5.73 Å². The van der Waals surface area contributed by atoms with Gasteiger partial charge < -0.3 is 10.5 Å². The minimum absolute atomic E-state index is 0.0105. The Labute approximate surface area is 96.7 Å². The molecular formula is C11H11FN2OS. The lowest BCUT2D eigenvalue weighted by Gasteiger charge is -2.06. The molecular weight excluding hydrogens is 227 g/mol. The van der Waals surface area contributed by atoms with Crippen LogP contribution >= 0.6 is 11.3 Å². The Balaban J connectivity index is 2.09. The number of aromatic nitrogens is 1. The molecule has 2 heterocycles. The zero-order valence-corrected chi connectivity index (χ0v) is 9.34. The Morgan fingerprint density at radius 2 is 2.31 bits per heavy atom. The summed E-state index contributed by atoms with van der Waals surface area (Å²) in [6.07, 6.45) is 1.50. The molecule has 0 unspecified atom stereocenters. The predicted octanol–water partition coefficient (Wildman–Crippen LogP) is 2.32. The van der Waals surface area contributed by atoms with Crippen LogP contribution in [0.25, 0.3) is 0 Å². The van der Waals surface area contributed by atoms with Crippen molar-refractivity contribution < 1.29 is 9.13 Å². The molecule has 2 aromatic heterocycles. The number of ether oxygens (including phenoxy) is 1. The lowest BCUT2D eigenvalue weighted by Crippen LogP contribution is -2.04. The maximum Gasteiger partial charge on any atom is 0.251 e. The van der Waals surface area contributed by atoms with Gasteiger partial charge in [-0.3, -0.25) is 0 Å². The number of nitrogens with two attached hydrogens (primary N) is 1. The molecule has 5 heteroatoms. The highest BCUT2D eigenvalue weighted by Crippen LogP contribution is 2.19. The van der Waals surface area contributed by atoms with E-state index in [-0.39, 0.29) is 12.4 Å². The predicted molar refractivity (Wildman–Crippen MR) is 60.7 cm³/mol. The van der Waals surface area contributed by atoms with Gasteiger partial charge in [-0.1, -0.05) is 6.07 Å². The van der Waals surface area contributed by atoms with Gasteiger partial charge in [-0.2, -0.15) is 0 Å². The largest absolute Gasteiger partial charge is 0.470 e. The van der Waals surface area contributed by atoms with E-state index in [4.69, 9.17) is 10.5 Å². The summed E-state index contributed by atoms with van der Waals surface area (Å²) in [4.78, 5) is 4.87. The average Bonchev–Trinajstić information content (AvgIpc) is 2.81. The highest BCUT2D eigenvalue weighted by atomic mass is 32.1. The lowest BCUT2D eigenvalue weighted by atomic mass is 10.2. The molecule has 0 amide bonds. The second-order valence-corrected chi connectivity index (χ2v) is 4.19. The maximum absolute atomic E-state index is 13.6. The average molecular weight is 238 g/mol. The van der Waals surface area contributed by atoms with Crippen molar-refractivity contribution in [3.8, 4) is 5.88 Å². The van der Waals surface area contributed by atoms with Gasteiger partial charge in [-0.05, 0) is 17.5 Å². The van der Waals surface area contributed by atoms with Gasteiger partial charge in [0.2, 0.25) is 0 Å². The molecule has 0 bridgehead atoms. The zero-order valence-electron chi connectivity index (χ0n) is 8.52. The van der Waals surface area contributed by atoms with Crippen molar-refractivity contribution in [2.75, 3.05) is 0 Å². The fourth-order valence-electron chi connectivity index (χ4n) is 1.25. The van der Waals surface area contributed by atoms with Gasteiger partial charge >= 0.3 is 0 Å². The second-order valence-electron chi connectivity index (χ2n) is 3.16. The molecule has 0 atom stereocenters. The van der Waals surface area contributed by atoms with Gasteiger partial charge in [0.05, 0.1) is 0 Å². The highest BCUT2D eigenvalue weighted by Gasteiger charge is 2.09. The van der Waals surface area contributed by atoms with Crippen molar-refractivity contribution in [3.63, 3.8) is 0 Å². The standard InChI is InChI=1S/C11H11FN2OS/c12-10-8(6-13)3-4-14-11(10)15-7-9-2-1-5-16-9/h1-5H,6-7,13H2. The normalized spacial score (nSPS) is 10.4. The fraction of sp³-hybridized carbons (Fsp3) is 0.182. The topological polar surface area (TPSA) is 48.1 Å². The van der Waals surface area contributed by atoms with Crippen LogP contribution in [-0.2, 0) is 13.2 Å². The number of pyridine rings is 1. The molecule has 0 aliphatic rings. The Bertz CT molecular complexity index is 459. The molecule has 0 aromatic carbocycles. The molecule has 0 fully saturated rings. The van der Waals surface area contributed by atoms with E-state index in [0.29, 0.717) is 12.2 Å². The molecule has 0 spiro atoms. The van der Waals surface area contributed by atoms with Crippen LogP contribution in [0.15, 0.2) is 29.8 Å². The molecule has 2 aromatic rings. The first-order chi connectivity index (χ1) is 7.81. The van der Waals surface area contributed by atoms with Crippen molar-refractivity contribution >= 4 is 11.3 Å². The first kappa shape index (κ1) is 11.0. The van der Waals surface area contributed by atoms with Crippen molar-refractivity contribution in [1.82, 2.24) is 4.98 Å². The van der Waals surface area contributed by atoms with Crippen LogP contribution in [0.4, 0.5) is 4.39 Å². The van der Waals surface area contributed by atoms with Gasteiger partial charge in [-0.15, -0.1) is 11.3 Å². The van der Waals surface area contributed by atoms with Gasteiger partial charge in [0.1, 0.15) is 6.61 Å². The van der Waals surface area contributed by atoms with Crippen LogP contribution in [0.5, 0.6) is 5.88 Å². The van der Waals surface area contributed by atoms with E-state index in [9.17, 15) is 4.39 Å². The third kappa shape index (κ3) is 2.37. The monoisotopic (exact) mass is 238 g/mol. The van der Waals surface area contributed by atoms with Gasteiger partial charge in [0.25, 0.3) is 5.88 Å². The molecule has 16 heavy (non-hydrogen) atoms. The molecule has 3 nitrogen and oxygen atoms in total. The number of hydrogen-bond acceptors (Lipinski definition) is 4. The van der Waals surface area contributed by atoms with Crippen LogP contribution in [0.2, 0.25) is 0 Å². The first-order valence-electron chi connectivity index (χ1n) is 4.80. The third-order valence-corrected chi connectivity index (χ3v) is 2.94. The minimum atomic E-state index is -0.471. The lowest BCUT2D eigenvalue weighted by molar-refractivity contribution is 0.279. The molecule has 2 rings (SSSR count). The number of nitrogens with zero attached hydrogens (tertiary/aromatic N) is 1. The molecule has 0 saturated carbocycles. The van der Waals surface area contributed by atoms with Crippen molar-refractivity contribution in [3.05, 3.63) is 46.0 Å². The number of thiophene rings is 1. The third-order valence-electron chi connectivity index (χ3n) is 2.09. The molecule has 0 radical (unpaired) electrons. The minimum Gasteiger partial charge on any atom is -0.470 e. The maximum atomic E-state index is 13.6. The summed E-state index contributed by atoms with van der Waals surface area (Å²) in [5, 5.41) is 1.94. The Morgan fingerprint density at radius 3 is 3.00 bits per heavy atom. The van der Waals surface area contributed by atoms with E-state index in [1.807, 2.05) is 17.5 Å². The summed E-state index contributed by atoms with van der Waals surface area (Å²) < 4.78 is 18.9. The molecule has 84 valence electrons. The number of hydrogen-bond donors (Lipinski definition) is 1. The molecule has 2 N–H and O–H groups in total. The first-order valence-corrected chi connectivity index (χ1v) is 5.68. The van der Waals surface area contributed by atoms with E-state index < -0.39 is 5.82 Å². The van der Waals surface area contributed by atoms with Crippen LogP contribution in [0.1, 0.15) is 10.4 Å². The van der Waals surface area contributed by atoms with Crippen LogP contribution in [0.3, 0.4) is 0 Å². The van der Waals surface area contributed by atoms with E-state index in [0.717, 1.165) is 4.88 Å². The van der Waals surface area contributed by atoms with Gasteiger partial charge in [0.15, 0.2) is 5.82 Å². The molecule has 0 aliphatic carbocycles. The zero-order chi connectivity index (χ0) is 11.4. The van der Waals surface area contributed by atoms with Crippen molar-refractivity contribution in [1.29, 1.82) is 0 Å². The molecule has 0 aliphatic heterocycles. The quantitative estimate of drug-likeness (QED) is 0.889. The van der Waals surface area contributed by atoms with E-state index in [2.05, 4.69) is 4.98 Å². The van der Waals surface area contributed by atoms with E-state index in [1.165, 1.54) is 6.20 Å². The van der Waals surface area contributed by atoms with Crippen LogP contribution in [-0.4, -0.2) is 4.98 Å². The van der Waals surface area contributed by atoms with E-state index in [1.54, 1.807) is 17.4 Å².